The maximum atomic E-state index is 12.9. The Morgan fingerprint density at radius 3 is 2.57 bits per heavy atom. The summed E-state index contributed by atoms with van der Waals surface area (Å²) in [6, 6.07) is 2.65. The third-order valence-corrected chi connectivity index (χ3v) is 7.29. The van der Waals surface area contributed by atoms with Crippen molar-refractivity contribution in [2.24, 2.45) is 11.8 Å². The molecule has 5 rings (SSSR count). The van der Waals surface area contributed by atoms with Crippen molar-refractivity contribution in [3.8, 4) is 5.88 Å². The van der Waals surface area contributed by atoms with Crippen LogP contribution in [0.3, 0.4) is 0 Å². The van der Waals surface area contributed by atoms with Crippen LogP contribution in [-0.2, 0) is 9.53 Å². The first-order valence-electron chi connectivity index (χ1n) is 11.4. The molecule has 3 aliphatic heterocycles. The minimum absolute atomic E-state index is 0.302. The highest BCUT2D eigenvalue weighted by Gasteiger charge is 2.43. The average molecular weight is 435 g/mol. The van der Waals surface area contributed by atoms with Gasteiger partial charge in [-0.15, -0.1) is 0 Å². The molecule has 1 unspecified atom stereocenters. The topological polar surface area (TPSA) is 67.8 Å². The second-order valence-electron chi connectivity index (χ2n) is 9.47. The summed E-state index contributed by atoms with van der Waals surface area (Å²) in [5, 5.41) is 0.393. The van der Waals surface area contributed by atoms with Gasteiger partial charge in [0.15, 0.2) is 0 Å². The standard InChI is InChI=1S/C22H31ClN4O3/c1-26(22-24-19(23)10-20(25-22)30-13-15-11-29-12-15)18-8-16-3-2-4-17(9-18)27(16)21(28)7-14-5-6-14/h10,14-18H,2-9,11-13H2,1H3/t16-,17+,18?. The summed E-state index contributed by atoms with van der Waals surface area (Å²) in [5.74, 6) is 2.56. The van der Waals surface area contributed by atoms with Gasteiger partial charge in [0.2, 0.25) is 17.7 Å². The molecule has 164 valence electrons. The molecule has 4 fully saturated rings. The van der Waals surface area contributed by atoms with Crippen LogP contribution in [0, 0.1) is 11.8 Å². The number of ether oxygens (including phenoxy) is 2. The quantitative estimate of drug-likeness (QED) is 0.613. The van der Waals surface area contributed by atoms with Gasteiger partial charge in [0.1, 0.15) is 5.15 Å². The Morgan fingerprint density at radius 1 is 1.20 bits per heavy atom. The van der Waals surface area contributed by atoms with Gasteiger partial charge in [0.25, 0.3) is 0 Å². The average Bonchev–Trinajstić information content (AvgIpc) is 3.48. The van der Waals surface area contributed by atoms with Crippen molar-refractivity contribution in [3.63, 3.8) is 0 Å². The molecule has 3 atom stereocenters. The highest BCUT2D eigenvalue weighted by molar-refractivity contribution is 6.29. The molecule has 3 saturated heterocycles. The van der Waals surface area contributed by atoms with Crippen LogP contribution >= 0.6 is 11.6 Å². The first-order chi connectivity index (χ1) is 14.6. The fourth-order valence-corrected chi connectivity index (χ4v) is 5.28. The molecule has 0 aromatic carbocycles. The monoisotopic (exact) mass is 434 g/mol. The lowest BCUT2D eigenvalue weighted by Gasteiger charge is -2.50. The summed E-state index contributed by atoms with van der Waals surface area (Å²) in [7, 11) is 2.04. The number of aromatic nitrogens is 2. The number of amides is 1. The van der Waals surface area contributed by atoms with Gasteiger partial charge in [0, 0.05) is 43.6 Å². The number of halogens is 1. The van der Waals surface area contributed by atoms with Crippen LogP contribution in [0.5, 0.6) is 5.88 Å². The molecule has 30 heavy (non-hydrogen) atoms. The summed E-state index contributed by atoms with van der Waals surface area (Å²) < 4.78 is 11.0. The van der Waals surface area contributed by atoms with Gasteiger partial charge in [-0.05, 0) is 50.9 Å². The second-order valence-corrected chi connectivity index (χ2v) is 9.85. The molecule has 4 aliphatic rings. The van der Waals surface area contributed by atoms with Crippen LogP contribution in [0.15, 0.2) is 6.07 Å². The normalized spacial score (nSPS) is 28.7. The van der Waals surface area contributed by atoms with Gasteiger partial charge in [-0.2, -0.15) is 4.98 Å². The maximum Gasteiger partial charge on any atom is 0.230 e. The zero-order valence-corrected chi connectivity index (χ0v) is 18.4. The van der Waals surface area contributed by atoms with E-state index in [9.17, 15) is 4.79 Å². The SMILES string of the molecule is CN(c1nc(Cl)cc(OCC2COC2)n1)C1C[C@H]2CCC[C@@H](C1)N2C(=O)CC1CC1. The van der Waals surface area contributed by atoms with Crippen LogP contribution < -0.4 is 9.64 Å². The number of carbonyl (C=O) groups is 1. The Hall–Kier alpha value is -1.60. The number of hydrogen-bond donors (Lipinski definition) is 0. The molecule has 1 aromatic rings. The summed E-state index contributed by atoms with van der Waals surface area (Å²) in [4.78, 5) is 26.4. The van der Waals surface area contributed by atoms with Crippen LogP contribution in [0.25, 0.3) is 0 Å². The molecule has 0 radical (unpaired) electrons. The van der Waals surface area contributed by atoms with Crippen molar-refractivity contribution in [2.45, 2.75) is 69.5 Å². The first kappa shape index (κ1) is 20.3. The Labute approximate surface area is 183 Å². The third kappa shape index (κ3) is 4.37. The van der Waals surface area contributed by atoms with E-state index in [0.29, 0.717) is 59.5 Å². The van der Waals surface area contributed by atoms with Crippen molar-refractivity contribution in [3.05, 3.63) is 11.2 Å². The maximum absolute atomic E-state index is 12.9. The lowest BCUT2D eigenvalue weighted by molar-refractivity contribution is -0.141. The summed E-state index contributed by atoms with van der Waals surface area (Å²) in [6.07, 6.45) is 8.56. The molecule has 1 aromatic heterocycles. The smallest absolute Gasteiger partial charge is 0.230 e. The van der Waals surface area contributed by atoms with Crippen molar-refractivity contribution >= 4 is 23.5 Å². The van der Waals surface area contributed by atoms with Crippen molar-refractivity contribution in [1.82, 2.24) is 14.9 Å². The highest BCUT2D eigenvalue weighted by Crippen LogP contribution is 2.40. The van der Waals surface area contributed by atoms with E-state index in [-0.39, 0.29) is 0 Å². The molecule has 1 saturated carbocycles. The summed E-state index contributed by atoms with van der Waals surface area (Å²) in [6.45, 7) is 2.07. The lowest BCUT2D eigenvalue weighted by Crippen LogP contribution is -2.58. The Balaban J connectivity index is 1.26. The van der Waals surface area contributed by atoms with Gasteiger partial charge in [-0.3, -0.25) is 4.79 Å². The molecule has 0 spiro atoms. The molecular weight excluding hydrogens is 404 g/mol. The van der Waals surface area contributed by atoms with E-state index in [1.165, 1.54) is 19.3 Å². The van der Waals surface area contributed by atoms with E-state index < -0.39 is 0 Å². The molecule has 0 N–H and O–H groups in total. The summed E-state index contributed by atoms with van der Waals surface area (Å²) >= 11 is 6.28. The lowest BCUT2D eigenvalue weighted by atomic mass is 9.81. The van der Waals surface area contributed by atoms with Crippen LogP contribution in [0.2, 0.25) is 5.15 Å². The number of anilines is 1. The molecule has 8 heteroatoms. The number of carbonyl (C=O) groups excluding carboxylic acids is 1. The van der Waals surface area contributed by atoms with Crippen LogP contribution in [-0.4, -0.2) is 65.8 Å². The number of fused-ring (bicyclic) bond motifs is 2. The van der Waals surface area contributed by atoms with Gasteiger partial charge in [-0.1, -0.05) is 11.6 Å². The van der Waals surface area contributed by atoms with Crippen LogP contribution in [0.4, 0.5) is 5.95 Å². The Bertz CT molecular complexity index is 772. The first-order valence-corrected chi connectivity index (χ1v) is 11.7. The number of hydrogen-bond acceptors (Lipinski definition) is 6. The van der Waals surface area contributed by atoms with Crippen LogP contribution in [0.1, 0.15) is 51.4 Å². The minimum Gasteiger partial charge on any atom is -0.477 e. The van der Waals surface area contributed by atoms with Gasteiger partial charge in [-0.25, -0.2) is 4.98 Å². The predicted molar refractivity (Wildman–Crippen MR) is 114 cm³/mol. The zero-order chi connectivity index (χ0) is 20.7. The predicted octanol–water partition coefficient (Wildman–Crippen LogP) is 3.30. The van der Waals surface area contributed by atoms with Crippen molar-refractivity contribution < 1.29 is 14.3 Å². The minimum atomic E-state index is 0.302. The van der Waals surface area contributed by atoms with E-state index >= 15 is 0 Å². The van der Waals surface area contributed by atoms with E-state index in [1.807, 2.05) is 7.05 Å². The molecule has 4 heterocycles. The molecule has 7 nitrogen and oxygen atoms in total. The van der Waals surface area contributed by atoms with E-state index in [0.717, 1.165) is 45.3 Å². The Morgan fingerprint density at radius 2 is 1.93 bits per heavy atom. The molecule has 2 bridgehead atoms. The van der Waals surface area contributed by atoms with Gasteiger partial charge in [0.05, 0.1) is 19.8 Å². The van der Waals surface area contributed by atoms with Gasteiger partial charge < -0.3 is 19.3 Å². The number of piperidine rings is 2. The fourth-order valence-electron chi connectivity index (χ4n) is 5.11. The third-order valence-electron chi connectivity index (χ3n) is 7.09. The van der Waals surface area contributed by atoms with Crippen molar-refractivity contribution in [1.29, 1.82) is 0 Å². The number of nitrogens with zero attached hydrogens (tertiary/aromatic N) is 4. The van der Waals surface area contributed by atoms with E-state index in [1.54, 1.807) is 6.07 Å². The Kier molecular flexibility index (Phi) is 5.75. The highest BCUT2D eigenvalue weighted by atomic mass is 35.5. The summed E-state index contributed by atoms with van der Waals surface area (Å²) in [5.41, 5.74) is 0. The fraction of sp³-hybridized carbons (Fsp3) is 0.773. The zero-order valence-electron chi connectivity index (χ0n) is 17.6. The van der Waals surface area contributed by atoms with E-state index in [2.05, 4.69) is 19.8 Å². The number of rotatable bonds is 7. The largest absolute Gasteiger partial charge is 0.477 e. The molecule has 1 aliphatic carbocycles. The van der Waals surface area contributed by atoms with Crippen molar-refractivity contribution in [2.75, 3.05) is 31.8 Å². The van der Waals surface area contributed by atoms with E-state index in [4.69, 9.17) is 21.1 Å². The second kappa shape index (κ2) is 8.50. The van der Waals surface area contributed by atoms with Gasteiger partial charge >= 0.3 is 0 Å². The molecular formula is C22H31ClN4O3. The molecule has 1 amide bonds.